The van der Waals surface area contributed by atoms with Crippen molar-refractivity contribution in [3.63, 3.8) is 0 Å². The van der Waals surface area contributed by atoms with Crippen LogP contribution >= 0.6 is 11.6 Å². The first-order valence-electron chi connectivity index (χ1n) is 10.6. The lowest BCUT2D eigenvalue weighted by Gasteiger charge is -2.33. The van der Waals surface area contributed by atoms with Crippen LogP contribution in [0.5, 0.6) is 0 Å². The van der Waals surface area contributed by atoms with Crippen molar-refractivity contribution in [3.8, 4) is 0 Å². The van der Waals surface area contributed by atoms with Crippen LogP contribution in [0.1, 0.15) is 63.0 Å². The van der Waals surface area contributed by atoms with Gasteiger partial charge in [0.05, 0.1) is 6.10 Å². The van der Waals surface area contributed by atoms with E-state index in [9.17, 15) is 14.0 Å². The van der Waals surface area contributed by atoms with Crippen molar-refractivity contribution in [2.45, 2.75) is 69.6 Å². The van der Waals surface area contributed by atoms with E-state index >= 15 is 0 Å². The van der Waals surface area contributed by atoms with Crippen LogP contribution in [0.15, 0.2) is 24.3 Å². The van der Waals surface area contributed by atoms with E-state index in [4.69, 9.17) is 16.3 Å². The van der Waals surface area contributed by atoms with Crippen LogP contribution in [-0.4, -0.2) is 47.9 Å². The van der Waals surface area contributed by atoms with Crippen molar-refractivity contribution in [1.29, 1.82) is 0 Å². The molecule has 2 amide bonds. The summed E-state index contributed by atoms with van der Waals surface area (Å²) < 4.78 is 19.2. The molecule has 2 aliphatic rings. The maximum Gasteiger partial charge on any atom is 0.247 e. The Labute approximate surface area is 176 Å². The molecule has 1 N–H and O–H groups in total. The Hall–Kier alpha value is -1.66. The van der Waals surface area contributed by atoms with E-state index in [2.05, 4.69) is 5.32 Å². The summed E-state index contributed by atoms with van der Waals surface area (Å²) in [4.78, 5) is 27.6. The van der Waals surface area contributed by atoms with Crippen LogP contribution in [0.2, 0.25) is 0 Å². The lowest BCUT2D eigenvalue weighted by molar-refractivity contribution is -0.141. The summed E-state index contributed by atoms with van der Waals surface area (Å²) in [5.41, 5.74) is 0.578. The van der Waals surface area contributed by atoms with Gasteiger partial charge >= 0.3 is 0 Å². The monoisotopic (exact) mass is 424 g/mol. The third-order valence-electron chi connectivity index (χ3n) is 5.81. The van der Waals surface area contributed by atoms with E-state index in [1.165, 1.54) is 29.9 Å². The van der Waals surface area contributed by atoms with E-state index in [1.54, 1.807) is 12.1 Å². The van der Waals surface area contributed by atoms with Gasteiger partial charge in [0.1, 0.15) is 17.7 Å². The quantitative estimate of drug-likeness (QED) is 0.532. The predicted octanol–water partition coefficient (Wildman–Crippen LogP) is 3.95. The first kappa shape index (κ1) is 22.0. The molecule has 7 heteroatoms. The first-order valence-corrected chi connectivity index (χ1v) is 11.1. The molecule has 1 aliphatic carbocycles. The summed E-state index contributed by atoms with van der Waals surface area (Å²) >= 11 is 5.88. The SMILES string of the molecule is O=C(NC1CCCCCC1)C(c1ccc(F)cc1)N(CC1CCCO1)C(=O)CCl. The highest BCUT2D eigenvalue weighted by molar-refractivity contribution is 6.27. The van der Waals surface area contributed by atoms with Crippen LogP contribution in [0.3, 0.4) is 0 Å². The Morgan fingerprint density at radius 2 is 1.79 bits per heavy atom. The molecule has 2 unspecified atom stereocenters. The smallest absolute Gasteiger partial charge is 0.247 e. The number of nitrogens with one attached hydrogen (secondary N) is 1. The van der Waals surface area contributed by atoms with Gasteiger partial charge in [-0.2, -0.15) is 0 Å². The lowest BCUT2D eigenvalue weighted by Crippen LogP contribution is -2.49. The van der Waals surface area contributed by atoms with Crippen LogP contribution < -0.4 is 5.32 Å². The molecular weight excluding hydrogens is 395 g/mol. The largest absolute Gasteiger partial charge is 0.376 e. The summed E-state index contributed by atoms with van der Waals surface area (Å²) in [6, 6.07) is 5.01. The number of benzene rings is 1. The zero-order valence-electron chi connectivity index (χ0n) is 16.7. The third kappa shape index (κ3) is 6.16. The molecule has 1 saturated carbocycles. The summed E-state index contributed by atoms with van der Waals surface area (Å²) in [5, 5.41) is 3.15. The molecule has 0 bridgehead atoms. The fourth-order valence-corrected chi connectivity index (χ4v) is 4.41. The number of nitrogens with zero attached hydrogens (tertiary/aromatic N) is 1. The summed E-state index contributed by atoms with van der Waals surface area (Å²) in [7, 11) is 0. The van der Waals surface area contributed by atoms with Gasteiger partial charge in [-0.15, -0.1) is 11.6 Å². The van der Waals surface area contributed by atoms with E-state index in [-0.39, 0.29) is 35.7 Å². The Kier molecular flexibility index (Phi) is 8.30. The van der Waals surface area contributed by atoms with E-state index < -0.39 is 6.04 Å². The second kappa shape index (κ2) is 10.9. The van der Waals surface area contributed by atoms with Gasteiger partial charge in [0.15, 0.2) is 0 Å². The fraction of sp³-hybridized carbons (Fsp3) is 0.636. The Balaban J connectivity index is 1.85. The number of amides is 2. The van der Waals surface area contributed by atoms with Gasteiger partial charge in [-0.25, -0.2) is 4.39 Å². The van der Waals surface area contributed by atoms with Crippen LogP contribution in [0, 0.1) is 5.82 Å². The van der Waals surface area contributed by atoms with Crippen molar-refractivity contribution < 1.29 is 18.7 Å². The number of hydrogen-bond acceptors (Lipinski definition) is 3. The van der Waals surface area contributed by atoms with Gasteiger partial charge in [-0.05, 0) is 43.4 Å². The minimum Gasteiger partial charge on any atom is -0.376 e. The number of halogens is 2. The number of ether oxygens (including phenoxy) is 1. The van der Waals surface area contributed by atoms with Gasteiger partial charge in [-0.1, -0.05) is 37.8 Å². The van der Waals surface area contributed by atoms with E-state index in [0.29, 0.717) is 18.7 Å². The molecule has 1 heterocycles. The van der Waals surface area contributed by atoms with Gasteiger partial charge in [0.25, 0.3) is 0 Å². The standard InChI is InChI=1S/C22H30ClFN2O3/c23-14-20(27)26(15-19-8-5-13-29-19)21(16-9-11-17(24)12-10-16)22(28)25-18-6-3-1-2-4-7-18/h9-12,18-19,21H,1-8,13-15H2,(H,25,28). The number of carbonyl (C=O) groups excluding carboxylic acids is 2. The molecule has 0 radical (unpaired) electrons. The van der Waals surface area contributed by atoms with Gasteiger partial charge in [0, 0.05) is 19.2 Å². The van der Waals surface area contributed by atoms with Crippen molar-refractivity contribution in [1.82, 2.24) is 10.2 Å². The van der Waals surface area contributed by atoms with Crippen molar-refractivity contribution in [2.75, 3.05) is 19.0 Å². The highest BCUT2D eigenvalue weighted by Crippen LogP contribution is 2.26. The molecule has 29 heavy (non-hydrogen) atoms. The molecule has 1 aromatic rings. The normalized spacial score (nSPS) is 21.4. The predicted molar refractivity (Wildman–Crippen MR) is 110 cm³/mol. The molecule has 3 rings (SSSR count). The number of carbonyl (C=O) groups is 2. The van der Waals surface area contributed by atoms with Crippen LogP contribution in [0.4, 0.5) is 4.39 Å². The summed E-state index contributed by atoms with van der Waals surface area (Å²) in [6.07, 6.45) is 8.09. The highest BCUT2D eigenvalue weighted by atomic mass is 35.5. The zero-order valence-corrected chi connectivity index (χ0v) is 17.5. The molecular formula is C22H30ClFN2O3. The molecule has 0 spiro atoms. The van der Waals surface area contributed by atoms with Crippen molar-refractivity contribution in [2.24, 2.45) is 0 Å². The van der Waals surface area contributed by atoms with Crippen molar-refractivity contribution in [3.05, 3.63) is 35.6 Å². The summed E-state index contributed by atoms with van der Waals surface area (Å²) in [6.45, 7) is 0.953. The Morgan fingerprint density at radius 1 is 1.10 bits per heavy atom. The minimum absolute atomic E-state index is 0.101. The van der Waals surface area contributed by atoms with Gasteiger partial charge < -0.3 is 15.0 Å². The Bertz CT molecular complexity index is 671. The zero-order chi connectivity index (χ0) is 20.6. The second-order valence-electron chi connectivity index (χ2n) is 7.97. The highest BCUT2D eigenvalue weighted by Gasteiger charge is 2.34. The van der Waals surface area contributed by atoms with Crippen LogP contribution in [0.25, 0.3) is 0 Å². The molecule has 1 aromatic carbocycles. The first-order chi connectivity index (χ1) is 14.1. The molecule has 5 nitrogen and oxygen atoms in total. The third-order valence-corrected chi connectivity index (χ3v) is 6.03. The molecule has 1 aliphatic heterocycles. The van der Waals surface area contributed by atoms with Gasteiger partial charge in [-0.3, -0.25) is 9.59 Å². The summed E-state index contributed by atoms with van der Waals surface area (Å²) in [5.74, 6) is -1.17. The second-order valence-corrected chi connectivity index (χ2v) is 8.23. The Morgan fingerprint density at radius 3 is 2.38 bits per heavy atom. The van der Waals surface area contributed by atoms with E-state index in [1.807, 2.05) is 0 Å². The molecule has 2 fully saturated rings. The average Bonchev–Trinajstić information content (AvgIpc) is 3.11. The molecule has 0 aromatic heterocycles. The molecule has 2 atom stereocenters. The maximum atomic E-state index is 13.5. The number of rotatable bonds is 7. The average molecular weight is 425 g/mol. The number of hydrogen-bond donors (Lipinski definition) is 1. The minimum atomic E-state index is -0.852. The van der Waals surface area contributed by atoms with Crippen molar-refractivity contribution >= 4 is 23.4 Å². The fourth-order valence-electron chi connectivity index (χ4n) is 4.26. The molecule has 1 saturated heterocycles. The molecule has 160 valence electrons. The van der Waals surface area contributed by atoms with Gasteiger partial charge in [0.2, 0.25) is 11.8 Å². The lowest BCUT2D eigenvalue weighted by atomic mass is 10.0. The van der Waals surface area contributed by atoms with E-state index in [0.717, 1.165) is 38.5 Å². The maximum absolute atomic E-state index is 13.5. The topological polar surface area (TPSA) is 58.6 Å². The van der Waals surface area contributed by atoms with Crippen LogP contribution in [-0.2, 0) is 14.3 Å². The number of alkyl halides is 1.